The Hall–Kier alpha value is -2.78. The van der Waals surface area contributed by atoms with Crippen LogP contribution in [-0.4, -0.2) is 35.6 Å². The van der Waals surface area contributed by atoms with Crippen molar-refractivity contribution in [3.8, 4) is 0 Å². The molecule has 2 aromatic carbocycles. The van der Waals surface area contributed by atoms with E-state index in [2.05, 4.69) is 10.4 Å². The van der Waals surface area contributed by atoms with Crippen LogP contribution >= 0.6 is 11.8 Å². The molecule has 156 valence electrons. The Morgan fingerprint density at radius 1 is 1.17 bits per heavy atom. The highest BCUT2D eigenvalue weighted by atomic mass is 32.2. The van der Waals surface area contributed by atoms with E-state index in [4.69, 9.17) is 5.73 Å². The number of sulfone groups is 1. The molecular weight excluding hydrogens is 420 g/mol. The number of nitrogens with zero attached hydrogens (tertiary/aromatic N) is 2. The van der Waals surface area contributed by atoms with Gasteiger partial charge in [0.2, 0.25) is 0 Å². The summed E-state index contributed by atoms with van der Waals surface area (Å²) in [4.78, 5) is 13.7. The number of nitrogen functional groups attached to an aromatic ring is 1. The number of carbonyl (C=O) groups is 1. The van der Waals surface area contributed by atoms with Crippen molar-refractivity contribution in [3.63, 3.8) is 0 Å². The van der Waals surface area contributed by atoms with Gasteiger partial charge in [-0.2, -0.15) is 5.10 Å². The van der Waals surface area contributed by atoms with E-state index in [1.165, 1.54) is 11.8 Å². The van der Waals surface area contributed by atoms with Crippen molar-refractivity contribution in [2.24, 2.45) is 0 Å². The summed E-state index contributed by atoms with van der Waals surface area (Å²) in [5, 5.41) is 8.00. The standard InChI is InChI=1S/C21H22N4O3S2/c1-14-7-9-15(10-8-14)20(26)23-18-19(22)25(16-11-12-30(27,28)13-16)24-21(18)29-17-5-3-2-4-6-17/h2-10,16H,11-13,22H2,1H3,(H,23,26). The summed E-state index contributed by atoms with van der Waals surface area (Å²) >= 11 is 1.37. The van der Waals surface area contributed by atoms with Crippen molar-refractivity contribution in [1.82, 2.24) is 9.78 Å². The van der Waals surface area contributed by atoms with Gasteiger partial charge in [-0.3, -0.25) is 4.79 Å². The summed E-state index contributed by atoms with van der Waals surface area (Å²) < 4.78 is 25.4. The highest BCUT2D eigenvalue weighted by Gasteiger charge is 2.33. The Labute approximate surface area is 179 Å². The molecule has 0 spiro atoms. The number of amides is 1. The van der Waals surface area contributed by atoms with Gasteiger partial charge in [0.05, 0.1) is 17.5 Å². The molecule has 4 rings (SSSR count). The molecule has 3 N–H and O–H groups in total. The van der Waals surface area contributed by atoms with Gasteiger partial charge < -0.3 is 11.1 Å². The zero-order valence-electron chi connectivity index (χ0n) is 16.4. The van der Waals surface area contributed by atoms with Gasteiger partial charge in [0, 0.05) is 10.5 Å². The SMILES string of the molecule is Cc1ccc(C(=O)Nc2c(Sc3ccccc3)nn(C3CCS(=O)(=O)C3)c2N)cc1. The number of carbonyl (C=O) groups excluding carboxylic acids is 1. The second kappa shape index (κ2) is 8.16. The fourth-order valence-electron chi connectivity index (χ4n) is 3.35. The summed E-state index contributed by atoms with van der Waals surface area (Å²) in [5.74, 6) is 0.0780. The number of anilines is 2. The number of nitrogens with one attached hydrogen (secondary N) is 1. The van der Waals surface area contributed by atoms with Gasteiger partial charge in [-0.05, 0) is 37.6 Å². The minimum Gasteiger partial charge on any atom is -0.382 e. The van der Waals surface area contributed by atoms with Crippen molar-refractivity contribution in [1.29, 1.82) is 0 Å². The summed E-state index contributed by atoms with van der Waals surface area (Å²) in [6, 6.07) is 16.5. The molecule has 1 unspecified atom stereocenters. The lowest BCUT2D eigenvalue weighted by Crippen LogP contribution is -2.16. The van der Waals surface area contributed by atoms with Crippen LogP contribution in [-0.2, 0) is 9.84 Å². The molecule has 9 heteroatoms. The molecule has 0 bridgehead atoms. The molecule has 0 radical (unpaired) electrons. The molecule has 1 aromatic heterocycles. The number of aromatic nitrogens is 2. The van der Waals surface area contributed by atoms with Crippen LogP contribution in [0.15, 0.2) is 64.5 Å². The predicted octanol–water partition coefficient (Wildman–Crippen LogP) is 3.54. The number of rotatable bonds is 5. The van der Waals surface area contributed by atoms with Crippen molar-refractivity contribution in [2.45, 2.75) is 29.3 Å². The molecule has 30 heavy (non-hydrogen) atoms. The Kier molecular flexibility index (Phi) is 5.57. The van der Waals surface area contributed by atoms with E-state index in [0.717, 1.165) is 10.5 Å². The molecule has 1 amide bonds. The van der Waals surface area contributed by atoms with Gasteiger partial charge in [-0.25, -0.2) is 13.1 Å². The molecule has 1 atom stereocenters. The van der Waals surface area contributed by atoms with E-state index in [1.54, 1.807) is 16.8 Å². The van der Waals surface area contributed by atoms with Crippen molar-refractivity contribution < 1.29 is 13.2 Å². The molecule has 3 aromatic rings. The maximum Gasteiger partial charge on any atom is 0.255 e. The fraction of sp³-hybridized carbons (Fsp3) is 0.238. The van der Waals surface area contributed by atoms with Crippen LogP contribution in [0, 0.1) is 6.92 Å². The van der Waals surface area contributed by atoms with Crippen LogP contribution in [0.1, 0.15) is 28.4 Å². The maximum atomic E-state index is 12.8. The van der Waals surface area contributed by atoms with Gasteiger partial charge in [0.1, 0.15) is 16.5 Å². The highest BCUT2D eigenvalue weighted by Crippen LogP contribution is 2.39. The smallest absolute Gasteiger partial charge is 0.255 e. The van der Waals surface area contributed by atoms with Crippen molar-refractivity contribution in [2.75, 3.05) is 22.6 Å². The molecule has 1 aliphatic heterocycles. The first-order valence-electron chi connectivity index (χ1n) is 9.52. The number of nitrogens with two attached hydrogens (primary N) is 1. The molecule has 0 saturated carbocycles. The lowest BCUT2D eigenvalue weighted by atomic mass is 10.1. The highest BCUT2D eigenvalue weighted by molar-refractivity contribution is 7.99. The number of hydrogen-bond donors (Lipinski definition) is 2. The topological polar surface area (TPSA) is 107 Å². The predicted molar refractivity (Wildman–Crippen MR) is 119 cm³/mol. The Balaban J connectivity index is 1.69. The van der Waals surface area contributed by atoms with E-state index < -0.39 is 9.84 Å². The summed E-state index contributed by atoms with van der Waals surface area (Å²) in [6.45, 7) is 1.95. The van der Waals surface area contributed by atoms with Crippen LogP contribution in [0.5, 0.6) is 0 Å². The van der Waals surface area contributed by atoms with Crippen molar-refractivity contribution in [3.05, 3.63) is 65.7 Å². The molecule has 1 fully saturated rings. The third-order valence-electron chi connectivity index (χ3n) is 4.98. The van der Waals surface area contributed by atoms with Gasteiger partial charge >= 0.3 is 0 Å². The molecule has 0 aliphatic carbocycles. The van der Waals surface area contributed by atoms with E-state index >= 15 is 0 Å². The molecule has 1 saturated heterocycles. The minimum atomic E-state index is -3.10. The lowest BCUT2D eigenvalue weighted by Gasteiger charge is -2.11. The number of hydrogen-bond acceptors (Lipinski definition) is 6. The second-order valence-corrected chi connectivity index (χ2v) is 10.6. The van der Waals surface area contributed by atoms with Gasteiger partial charge in [0.25, 0.3) is 5.91 Å². The summed E-state index contributed by atoms with van der Waals surface area (Å²) in [6.07, 6.45) is 0.453. The first kappa shape index (κ1) is 20.5. The average molecular weight is 443 g/mol. The van der Waals surface area contributed by atoms with Crippen molar-refractivity contribution >= 4 is 39.0 Å². The minimum absolute atomic E-state index is 0.000325. The van der Waals surface area contributed by atoms with E-state index in [0.29, 0.717) is 22.7 Å². The zero-order valence-corrected chi connectivity index (χ0v) is 18.0. The largest absolute Gasteiger partial charge is 0.382 e. The monoisotopic (exact) mass is 442 g/mol. The zero-order chi connectivity index (χ0) is 21.3. The second-order valence-electron chi connectivity index (χ2n) is 7.30. The van der Waals surface area contributed by atoms with Crippen LogP contribution < -0.4 is 11.1 Å². The number of benzene rings is 2. The first-order valence-corrected chi connectivity index (χ1v) is 12.2. The molecule has 1 aliphatic rings. The Morgan fingerprint density at radius 3 is 2.50 bits per heavy atom. The van der Waals surface area contributed by atoms with Gasteiger partial charge in [-0.15, -0.1) is 0 Å². The average Bonchev–Trinajstić information content (AvgIpc) is 3.23. The summed E-state index contributed by atoms with van der Waals surface area (Å²) in [7, 11) is -3.10. The first-order chi connectivity index (χ1) is 14.3. The number of aryl methyl sites for hydroxylation is 1. The Morgan fingerprint density at radius 2 is 1.87 bits per heavy atom. The molecular formula is C21H22N4O3S2. The fourth-order valence-corrected chi connectivity index (χ4v) is 5.95. The quantitative estimate of drug-likeness (QED) is 0.626. The van der Waals surface area contributed by atoms with E-state index in [1.807, 2.05) is 49.4 Å². The Bertz CT molecular complexity index is 1170. The molecule has 2 heterocycles. The third kappa shape index (κ3) is 4.36. The van der Waals surface area contributed by atoms with Crippen LogP contribution in [0.3, 0.4) is 0 Å². The maximum absolute atomic E-state index is 12.8. The van der Waals surface area contributed by atoms with Gasteiger partial charge in [0.15, 0.2) is 9.84 Å². The molecule has 7 nitrogen and oxygen atoms in total. The van der Waals surface area contributed by atoms with Crippen LogP contribution in [0.2, 0.25) is 0 Å². The van der Waals surface area contributed by atoms with E-state index in [-0.39, 0.29) is 29.3 Å². The normalized spacial score (nSPS) is 17.7. The summed E-state index contributed by atoms with van der Waals surface area (Å²) in [5.41, 5.74) is 8.32. The van der Waals surface area contributed by atoms with Crippen LogP contribution in [0.4, 0.5) is 11.5 Å². The van der Waals surface area contributed by atoms with Crippen LogP contribution in [0.25, 0.3) is 0 Å². The third-order valence-corrected chi connectivity index (χ3v) is 7.72. The van der Waals surface area contributed by atoms with E-state index in [9.17, 15) is 13.2 Å². The van der Waals surface area contributed by atoms with Gasteiger partial charge in [-0.1, -0.05) is 47.7 Å². The lowest BCUT2D eigenvalue weighted by molar-refractivity contribution is 0.102.